The van der Waals surface area contributed by atoms with E-state index < -0.39 is 5.54 Å². The predicted molar refractivity (Wildman–Crippen MR) is 73.2 cm³/mol. The first-order valence-corrected chi connectivity index (χ1v) is 7.25. The Morgan fingerprint density at radius 1 is 1.37 bits per heavy atom. The molecule has 102 valence electrons. The Kier molecular flexibility index (Phi) is 3.22. The Morgan fingerprint density at radius 2 is 2.11 bits per heavy atom. The lowest BCUT2D eigenvalue weighted by molar-refractivity contribution is 0.230. The van der Waals surface area contributed by atoms with Crippen LogP contribution in [0.4, 0.5) is 0 Å². The summed E-state index contributed by atoms with van der Waals surface area (Å²) in [4.78, 5) is 4.40. The first-order chi connectivity index (χ1) is 9.07. The minimum atomic E-state index is -0.460. The van der Waals surface area contributed by atoms with Crippen LogP contribution in [0.2, 0.25) is 0 Å². The van der Waals surface area contributed by atoms with Crippen LogP contribution >= 0.6 is 15.9 Å². The maximum atomic E-state index is 6.41. The molecule has 1 aliphatic carbocycles. The summed E-state index contributed by atoms with van der Waals surface area (Å²) >= 11 is 3.25. The lowest BCUT2D eigenvalue weighted by Crippen LogP contribution is -2.41. The summed E-state index contributed by atoms with van der Waals surface area (Å²) in [6.45, 7) is 2.25. The fraction of sp³-hybridized carbons (Fsp3) is 0.538. The van der Waals surface area contributed by atoms with Gasteiger partial charge in [0.1, 0.15) is 0 Å². The van der Waals surface area contributed by atoms with E-state index in [-0.39, 0.29) is 0 Å². The number of rotatable bonds is 2. The molecule has 3 rings (SSSR count). The molecular formula is C13H16BrN3O2. The molecule has 0 bridgehead atoms. The van der Waals surface area contributed by atoms with Crippen LogP contribution in [0.25, 0.3) is 11.7 Å². The van der Waals surface area contributed by atoms with E-state index in [9.17, 15) is 0 Å². The van der Waals surface area contributed by atoms with Crippen molar-refractivity contribution in [3.8, 4) is 11.7 Å². The van der Waals surface area contributed by atoms with Crippen LogP contribution in [0.15, 0.2) is 25.7 Å². The average Bonchev–Trinajstić information content (AvgIpc) is 3.02. The summed E-state index contributed by atoms with van der Waals surface area (Å²) in [5.41, 5.74) is 5.95. The van der Waals surface area contributed by atoms with Crippen molar-refractivity contribution in [2.45, 2.75) is 38.1 Å². The van der Waals surface area contributed by atoms with Gasteiger partial charge in [-0.25, -0.2) is 0 Å². The molecule has 0 unspecified atom stereocenters. The molecule has 2 aromatic rings. The van der Waals surface area contributed by atoms with E-state index in [0.29, 0.717) is 22.1 Å². The highest BCUT2D eigenvalue weighted by molar-refractivity contribution is 9.10. The summed E-state index contributed by atoms with van der Waals surface area (Å²) in [6.07, 6.45) is 4.00. The fourth-order valence-electron chi connectivity index (χ4n) is 2.46. The number of hydrogen-bond acceptors (Lipinski definition) is 5. The zero-order valence-corrected chi connectivity index (χ0v) is 12.3. The van der Waals surface area contributed by atoms with Gasteiger partial charge in [-0.1, -0.05) is 12.1 Å². The summed E-state index contributed by atoms with van der Waals surface area (Å²) in [6, 6.07) is 3.58. The second-order valence-electron chi connectivity index (χ2n) is 5.37. The summed E-state index contributed by atoms with van der Waals surface area (Å²) in [5, 5.41) is 4.04. The van der Waals surface area contributed by atoms with Crippen molar-refractivity contribution in [3.63, 3.8) is 0 Å². The summed E-state index contributed by atoms with van der Waals surface area (Å²) in [5.74, 6) is 2.24. The van der Waals surface area contributed by atoms with Crippen molar-refractivity contribution in [3.05, 3.63) is 22.6 Å². The van der Waals surface area contributed by atoms with Crippen LogP contribution in [0.1, 0.15) is 38.4 Å². The number of furan rings is 1. The average molecular weight is 326 g/mol. The van der Waals surface area contributed by atoms with E-state index in [1.54, 1.807) is 12.1 Å². The molecule has 2 aromatic heterocycles. The van der Waals surface area contributed by atoms with Crippen LogP contribution in [-0.4, -0.2) is 10.1 Å². The Morgan fingerprint density at radius 3 is 2.74 bits per heavy atom. The van der Waals surface area contributed by atoms with Crippen molar-refractivity contribution >= 4 is 15.9 Å². The third kappa shape index (κ3) is 2.47. The van der Waals surface area contributed by atoms with E-state index in [1.165, 1.54) is 0 Å². The Hall–Kier alpha value is -1.14. The quantitative estimate of drug-likeness (QED) is 0.914. The first kappa shape index (κ1) is 12.9. The predicted octanol–water partition coefficient (Wildman–Crippen LogP) is 3.46. The molecule has 0 aromatic carbocycles. The lowest BCUT2D eigenvalue weighted by atomic mass is 9.77. The Labute approximate surface area is 119 Å². The molecule has 0 atom stereocenters. The largest absolute Gasteiger partial charge is 0.444 e. The molecular weight excluding hydrogens is 310 g/mol. The van der Waals surface area contributed by atoms with E-state index in [2.05, 4.69) is 33.0 Å². The van der Waals surface area contributed by atoms with Gasteiger partial charge in [0.05, 0.1) is 5.54 Å². The Bertz CT molecular complexity index is 570. The number of nitrogens with zero attached hydrogens (tertiary/aromatic N) is 2. The van der Waals surface area contributed by atoms with E-state index in [0.717, 1.165) is 31.6 Å². The van der Waals surface area contributed by atoms with Crippen molar-refractivity contribution in [2.24, 2.45) is 11.7 Å². The van der Waals surface area contributed by atoms with Crippen LogP contribution in [-0.2, 0) is 5.54 Å². The van der Waals surface area contributed by atoms with E-state index >= 15 is 0 Å². The highest BCUT2D eigenvalue weighted by atomic mass is 79.9. The van der Waals surface area contributed by atoms with Crippen molar-refractivity contribution in [1.29, 1.82) is 0 Å². The van der Waals surface area contributed by atoms with E-state index in [4.69, 9.17) is 14.7 Å². The van der Waals surface area contributed by atoms with Crippen LogP contribution in [0.5, 0.6) is 0 Å². The van der Waals surface area contributed by atoms with Gasteiger partial charge in [0.15, 0.2) is 16.3 Å². The van der Waals surface area contributed by atoms with Gasteiger partial charge in [0.25, 0.3) is 5.89 Å². The normalized spacial score (nSPS) is 27.6. The maximum absolute atomic E-state index is 6.41. The van der Waals surface area contributed by atoms with Gasteiger partial charge in [-0.3, -0.25) is 0 Å². The fourth-order valence-corrected chi connectivity index (χ4v) is 2.76. The topological polar surface area (TPSA) is 78.1 Å². The molecule has 1 fully saturated rings. The molecule has 2 heterocycles. The molecule has 0 spiro atoms. The molecule has 5 nitrogen and oxygen atoms in total. The number of halogens is 1. The van der Waals surface area contributed by atoms with Gasteiger partial charge >= 0.3 is 0 Å². The van der Waals surface area contributed by atoms with Crippen LogP contribution in [0, 0.1) is 5.92 Å². The van der Waals surface area contributed by atoms with Gasteiger partial charge in [0, 0.05) is 0 Å². The zero-order chi connectivity index (χ0) is 13.5. The molecule has 1 saturated carbocycles. The molecule has 2 N–H and O–H groups in total. The summed E-state index contributed by atoms with van der Waals surface area (Å²) < 4.78 is 11.3. The second kappa shape index (κ2) is 4.76. The number of hydrogen-bond donors (Lipinski definition) is 1. The van der Waals surface area contributed by atoms with Crippen LogP contribution in [0.3, 0.4) is 0 Å². The number of aromatic nitrogens is 2. The lowest BCUT2D eigenvalue weighted by Gasteiger charge is -2.33. The van der Waals surface area contributed by atoms with Gasteiger partial charge in [0.2, 0.25) is 0 Å². The van der Waals surface area contributed by atoms with Crippen molar-refractivity contribution in [1.82, 2.24) is 10.1 Å². The smallest absolute Gasteiger partial charge is 0.293 e. The van der Waals surface area contributed by atoms with Gasteiger partial charge in [-0.2, -0.15) is 4.98 Å². The van der Waals surface area contributed by atoms with Gasteiger partial charge in [-0.05, 0) is 59.7 Å². The molecule has 6 heteroatoms. The van der Waals surface area contributed by atoms with Crippen molar-refractivity contribution in [2.75, 3.05) is 0 Å². The zero-order valence-electron chi connectivity index (χ0n) is 10.7. The monoisotopic (exact) mass is 325 g/mol. The molecule has 0 amide bonds. The Balaban J connectivity index is 1.85. The third-order valence-electron chi connectivity index (χ3n) is 3.82. The molecule has 19 heavy (non-hydrogen) atoms. The SMILES string of the molecule is CC1CCC(N)(c2noc(-c3ccc(Br)o3)n2)CC1. The third-order valence-corrected chi connectivity index (χ3v) is 4.25. The maximum Gasteiger partial charge on any atom is 0.293 e. The van der Waals surface area contributed by atoms with Crippen molar-refractivity contribution < 1.29 is 8.94 Å². The molecule has 1 aliphatic rings. The second-order valence-corrected chi connectivity index (χ2v) is 6.15. The van der Waals surface area contributed by atoms with Crippen LogP contribution < -0.4 is 5.73 Å². The molecule has 0 aliphatic heterocycles. The first-order valence-electron chi connectivity index (χ1n) is 6.46. The minimum absolute atomic E-state index is 0.379. The van der Waals surface area contributed by atoms with E-state index in [1.807, 2.05) is 0 Å². The standard InChI is InChI=1S/C13H16BrN3O2/c1-8-4-6-13(15,7-5-8)12-16-11(19-17-12)9-2-3-10(14)18-9/h2-3,8H,4-7,15H2,1H3. The summed E-state index contributed by atoms with van der Waals surface area (Å²) in [7, 11) is 0. The highest BCUT2D eigenvalue weighted by Crippen LogP contribution is 2.36. The van der Waals surface area contributed by atoms with Gasteiger partial charge in [-0.15, -0.1) is 0 Å². The highest BCUT2D eigenvalue weighted by Gasteiger charge is 2.36. The van der Waals surface area contributed by atoms with Gasteiger partial charge < -0.3 is 14.7 Å². The number of nitrogens with two attached hydrogens (primary N) is 1. The molecule has 0 saturated heterocycles. The molecule has 0 radical (unpaired) electrons. The minimum Gasteiger partial charge on any atom is -0.444 e.